The molecule has 0 saturated carbocycles. The number of furan rings is 1. The second kappa shape index (κ2) is 6.51. The van der Waals surface area contributed by atoms with Gasteiger partial charge < -0.3 is 4.42 Å². The van der Waals surface area contributed by atoms with Gasteiger partial charge in [0.1, 0.15) is 5.58 Å². The van der Waals surface area contributed by atoms with Gasteiger partial charge in [-0.1, -0.05) is 30.3 Å². The normalized spacial score (nSPS) is 11.7. The molecule has 3 nitrogen and oxygen atoms in total. The van der Waals surface area contributed by atoms with Crippen molar-refractivity contribution in [1.29, 1.82) is 0 Å². The molecule has 0 amide bonds. The van der Waals surface area contributed by atoms with E-state index in [1.54, 1.807) is 11.3 Å². The van der Waals surface area contributed by atoms with E-state index < -0.39 is 0 Å². The maximum Gasteiger partial charge on any atom is 0.227 e. The fourth-order valence-corrected chi connectivity index (χ4v) is 5.24. The van der Waals surface area contributed by atoms with Gasteiger partial charge in [0, 0.05) is 33.1 Å². The van der Waals surface area contributed by atoms with Crippen molar-refractivity contribution in [3.05, 3.63) is 84.2 Å². The molecule has 4 aromatic heterocycles. The minimum Gasteiger partial charge on any atom is -0.437 e. The Kier molecular flexibility index (Phi) is 3.77. The molecule has 6 rings (SSSR count). The number of pyridine rings is 2. The average Bonchev–Trinajstić information content (AvgIpc) is 3.35. The third kappa shape index (κ3) is 2.65. The van der Waals surface area contributed by atoms with Gasteiger partial charge in [-0.05, 0) is 66.8 Å². The summed E-state index contributed by atoms with van der Waals surface area (Å²) in [5, 5.41) is 3.33. The lowest BCUT2D eigenvalue weighted by atomic mass is 10.0. The zero-order valence-electron chi connectivity index (χ0n) is 16.6. The average molecular weight is 407 g/mol. The fourth-order valence-electron chi connectivity index (χ4n) is 4.07. The minimum absolute atomic E-state index is 0.681. The molecule has 0 aliphatic rings. The standard InChI is InChI=1S/C26H18N2OS/c1-15-12-20-19-9-8-16(2)28-26(19)29-24(20)21(13-15)23-25-18(10-11-27-23)14-22(30-25)17-6-4-3-5-7-17/h3-14H,1-2H3. The predicted octanol–water partition coefficient (Wildman–Crippen LogP) is 7.54. The van der Waals surface area contributed by atoms with Crippen molar-refractivity contribution in [3.63, 3.8) is 0 Å². The van der Waals surface area contributed by atoms with Gasteiger partial charge in [-0.15, -0.1) is 11.3 Å². The Hall–Kier alpha value is -3.50. The van der Waals surface area contributed by atoms with Crippen molar-refractivity contribution in [2.45, 2.75) is 13.8 Å². The number of hydrogen-bond acceptors (Lipinski definition) is 4. The molecule has 144 valence electrons. The summed E-state index contributed by atoms with van der Waals surface area (Å²) < 4.78 is 7.44. The summed E-state index contributed by atoms with van der Waals surface area (Å²) in [7, 11) is 0. The third-order valence-electron chi connectivity index (χ3n) is 5.47. The molecule has 0 atom stereocenters. The van der Waals surface area contributed by atoms with Crippen molar-refractivity contribution < 1.29 is 4.42 Å². The molecule has 4 heteroatoms. The van der Waals surface area contributed by atoms with Crippen molar-refractivity contribution in [2.24, 2.45) is 0 Å². The predicted molar refractivity (Wildman–Crippen MR) is 125 cm³/mol. The van der Waals surface area contributed by atoms with Crippen LogP contribution in [0.2, 0.25) is 0 Å². The van der Waals surface area contributed by atoms with Crippen molar-refractivity contribution in [2.75, 3.05) is 0 Å². The molecule has 2 aromatic carbocycles. The highest BCUT2D eigenvalue weighted by atomic mass is 32.1. The summed E-state index contributed by atoms with van der Waals surface area (Å²) in [5.41, 5.74) is 6.87. The monoisotopic (exact) mass is 406 g/mol. The summed E-state index contributed by atoms with van der Waals surface area (Å²) in [4.78, 5) is 10.6. The quantitative estimate of drug-likeness (QED) is 0.298. The highest BCUT2D eigenvalue weighted by Gasteiger charge is 2.18. The first kappa shape index (κ1) is 17.4. The Balaban J connectivity index is 1.65. The van der Waals surface area contributed by atoms with Crippen LogP contribution in [0.5, 0.6) is 0 Å². The van der Waals surface area contributed by atoms with Gasteiger partial charge >= 0.3 is 0 Å². The number of aromatic nitrogens is 2. The smallest absolute Gasteiger partial charge is 0.227 e. The van der Waals surface area contributed by atoms with Crippen molar-refractivity contribution >= 4 is 43.5 Å². The Bertz CT molecular complexity index is 1560. The molecule has 0 saturated heterocycles. The summed E-state index contributed by atoms with van der Waals surface area (Å²) >= 11 is 1.78. The first-order chi connectivity index (χ1) is 14.7. The highest BCUT2D eigenvalue weighted by molar-refractivity contribution is 7.22. The highest BCUT2D eigenvalue weighted by Crippen LogP contribution is 2.42. The van der Waals surface area contributed by atoms with E-state index in [-0.39, 0.29) is 0 Å². The first-order valence-corrected chi connectivity index (χ1v) is 10.7. The Morgan fingerprint density at radius 3 is 2.60 bits per heavy atom. The van der Waals surface area contributed by atoms with Gasteiger partial charge in [0.05, 0.1) is 10.4 Å². The van der Waals surface area contributed by atoms with Crippen LogP contribution in [0, 0.1) is 13.8 Å². The molecule has 0 N–H and O–H groups in total. The Labute approximate surface area is 177 Å². The van der Waals surface area contributed by atoms with Gasteiger partial charge in [-0.2, -0.15) is 0 Å². The van der Waals surface area contributed by atoms with Gasteiger partial charge in [0.25, 0.3) is 0 Å². The number of hydrogen-bond donors (Lipinski definition) is 0. The van der Waals surface area contributed by atoms with Crippen LogP contribution in [0.15, 0.2) is 77.3 Å². The van der Waals surface area contributed by atoms with Gasteiger partial charge in [-0.3, -0.25) is 4.98 Å². The van der Waals surface area contributed by atoms with Gasteiger partial charge in [-0.25, -0.2) is 4.98 Å². The zero-order chi connectivity index (χ0) is 20.2. The fraction of sp³-hybridized carbons (Fsp3) is 0.0769. The van der Waals surface area contributed by atoms with E-state index in [2.05, 4.69) is 66.5 Å². The molecule has 4 heterocycles. The van der Waals surface area contributed by atoms with Crippen LogP contribution in [0.25, 0.3) is 53.9 Å². The van der Waals surface area contributed by atoms with Crippen LogP contribution < -0.4 is 0 Å². The number of nitrogens with zero attached hydrogens (tertiary/aromatic N) is 2. The van der Waals surface area contributed by atoms with Crippen molar-refractivity contribution in [3.8, 4) is 21.7 Å². The molecule has 0 aliphatic carbocycles. The van der Waals surface area contributed by atoms with E-state index in [0.717, 1.165) is 33.3 Å². The molecule has 0 bridgehead atoms. The Morgan fingerprint density at radius 1 is 0.867 bits per heavy atom. The van der Waals surface area contributed by atoms with Crippen LogP contribution in [0.4, 0.5) is 0 Å². The molecule has 0 unspecified atom stereocenters. The van der Waals surface area contributed by atoms with E-state index in [1.165, 1.54) is 26.1 Å². The second-order valence-electron chi connectivity index (χ2n) is 7.65. The van der Waals surface area contributed by atoms with E-state index in [9.17, 15) is 0 Å². The maximum absolute atomic E-state index is 6.27. The lowest BCUT2D eigenvalue weighted by Gasteiger charge is -2.05. The summed E-state index contributed by atoms with van der Waals surface area (Å²) in [6.45, 7) is 4.10. The van der Waals surface area contributed by atoms with E-state index in [1.807, 2.05) is 25.3 Å². The molecule has 0 fully saturated rings. The van der Waals surface area contributed by atoms with Crippen molar-refractivity contribution in [1.82, 2.24) is 9.97 Å². The van der Waals surface area contributed by atoms with E-state index in [0.29, 0.717) is 5.71 Å². The lowest BCUT2D eigenvalue weighted by molar-refractivity contribution is 0.653. The maximum atomic E-state index is 6.27. The summed E-state index contributed by atoms with van der Waals surface area (Å²) in [6, 6.07) is 23.3. The summed E-state index contributed by atoms with van der Waals surface area (Å²) in [5.74, 6) is 0. The third-order valence-corrected chi connectivity index (χ3v) is 6.68. The van der Waals surface area contributed by atoms with Gasteiger partial charge in [0.15, 0.2) is 0 Å². The first-order valence-electron chi connectivity index (χ1n) is 9.92. The van der Waals surface area contributed by atoms with Crippen LogP contribution >= 0.6 is 11.3 Å². The zero-order valence-corrected chi connectivity index (χ0v) is 17.5. The molecule has 0 spiro atoms. The number of thiophene rings is 1. The molecule has 30 heavy (non-hydrogen) atoms. The number of fused-ring (bicyclic) bond motifs is 4. The molecule has 0 aliphatic heterocycles. The number of rotatable bonds is 2. The molecule has 6 aromatic rings. The van der Waals surface area contributed by atoms with Crippen LogP contribution in [0.3, 0.4) is 0 Å². The SMILES string of the molecule is Cc1cc(-c2nccc3cc(-c4ccccc4)sc23)c2oc3nc(C)ccc3c2c1. The summed E-state index contributed by atoms with van der Waals surface area (Å²) in [6.07, 6.45) is 1.89. The van der Waals surface area contributed by atoms with Crippen LogP contribution in [-0.4, -0.2) is 9.97 Å². The molecular weight excluding hydrogens is 388 g/mol. The number of aryl methyl sites for hydroxylation is 2. The van der Waals surface area contributed by atoms with E-state index in [4.69, 9.17) is 9.40 Å². The topological polar surface area (TPSA) is 38.9 Å². The van der Waals surface area contributed by atoms with Crippen LogP contribution in [-0.2, 0) is 0 Å². The minimum atomic E-state index is 0.681. The largest absolute Gasteiger partial charge is 0.437 e. The van der Waals surface area contributed by atoms with E-state index >= 15 is 0 Å². The molecular formula is C26H18N2OS. The van der Waals surface area contributed by atoms with Gasteiger partial charge in [0.2, 0.25) is 5.71 Å². The Morgan fingerprint density at radius 2 is 1.73 bits per heavy atom. The lowest BCUT2D eigenvalue weighted by Crippen LogP contribution is -1.85. The molecule has 0 radical (unpaired) electrons. The number of benzene rings is 2. The van der Waals surface area contributed by atoms with Crippen LogP contribution in [0.1, 0.15) is 11.3 Å². The second-order valence-corrected chi connectivity index (χ2v) is 8.70.